The maximum absolute atomic E-state index is 2.50. The Bertz CT molecular complexity index is 950. The molecular weight excluding hydrogens is 480 g/mol. The van der Waals surface area contributed by atoms with E-state index < -0.39 is 0 Å². The zero-order valence-corrected chi connectivity index (χ0v) is 28.1. The second-order valence-electron chi connectivity index (χ2n) is 13.8. The van der Waals surface area contributed by atoms with E-state index in [1.54, 1.807) is 5.57 Å². The van der Waals surface area contributed by atoms with Crippen LogP contribution in [0.2, 0.25) is 0 Å². The van der Waals surface area contributed by atoms with Gasteiger partial charge in [0.15, 0.2) is 0 Å². The lowest BCUT2D eigenvalue weighted by Crippen LogP contribution is -2.26. The fourth-order valence-electron chi connectivity index (χ4n) is 5.48. The van der Waals surface area contributed by atoms with E-state index in [-0.39, 0.29) is 0 Å². The minimum atomic E-state index is 0.391. The maximum Gasteiger partial charge on any atom is 0.00254 e. The normalized spacial score (nSPS) is 20.9. The Morgan fingerprint density at radius 1 is 0.850 bits per heavy atom. The molecule has 0 aromatic heterocycles. The predicted molar refractivity (Wildman–Crippen MR) is 184 cm³/mol. The Kier molecular flexibility index (Phi) is 17.9. The molecule has 0 heterocycles. The zero-order chi connectivity index (χ0) is 30.0. The SMILES string of the molecule is CC1=CCCC(C)(C)[C@H]1/C=C/C(C)CCC/C(C)=C/C=C/C=C(C)/C=C/CC(C)/C=C\C=C(\C)CCCC(C)C. The van der Waals surface area contributed by atoms with Crippen molar-refractivity contribution in [3.63, 3.8) is 0 Å². The van der Waals surface area contributed by atoms with Gasteiger partial charge >= 0.3 is 0 Å². The topological polar surface area (TPSA) is 0 Å². The molecule has 0 spiro atoms. The molecule has 3 atom stereocenters. The number of allylic oxidation sites excluding steroid dienone is 16. The van der Waals surface area contributed by atoms with E-state index in [4.69, 9.17) is 0 Å². The van der Waals surface area contributed by atoms with Gasteiger partial charge in [-0.05, 0) is 102 Å². The first-order chi connectivity index (χ1) is 18.9. The molecule has 0 aromatic carbocycles. The van der Waals surface area contributed by atoms with E-state index >= 15 is 0 Å². The van der Waals surface area contributed by atoms with Gasteiger partial charge in [0.1, 0.15) is 0 Å². The van der Waals surface area contributed by atoms with Crippen LogP contribution in [0.15, 0.2) is 95.2 Å². The number of hydrogen-bond acceptors (Lipinski definition) is 0. The third-order valence-electron chi connectivity index (χ3n) is 8.36. The number of hydrogen-bond donors (Lipinski definition) is 0. The Balaban J connectivity index is 2.35. The molecule has 0 fully saturated rings. The minimum Gasteiger partial charge on any atom is -0.0851 e. The van der Waals surface area contributed by atoms with E-state index in [0.29, 0.717) is 23.2 Å². The largest absolute Gasteiger partial charge is 0.0851 e. The van der Waals surface area contributed by atoms with Crippen LogP contribution in [0.1, 0.15) is 127 Å². The molecule has 0 aliphatic heterocycles. The molecule has 0 aromatic rings. The van der Waals surface area contributed by atoms with Gasteiger partial charge in [0.2, 0.25) is 0 Å². The highest BCUT2D eigenvalue weighted by atomic mass is 14.3. The summed E-state index contributed by atoms with van der Waals surface area (Å²) in [6.45, 7) is 23.1. The van der Waals surface area contributed by atoms with Gasteiger partial charge in [-0.3, -0.25) is 0 Å². The highest BCUT2D eigenvalue weighted by molar-refractivity contribution is 5.24. The van der Waals surface area contributed by atoms with Crippen molar-refractivity contribution in [3.05, 3.63) is 95.2 Å². The first-order valence-corrected chi connectivity index (χ1v) is 16.3. The van der Waals surface area contributed by atoms with Crippen molar-refractivity contribution in [2.75, 3.05) is 0 Å². The summed E-state index contributed by atoms with van der Waals surface area (Å²) in [5.74, 6) is 2.61. The van der Waals surface area contributed by atoms with Crippen molar-refractivity contribution in [2.24, 2.45) is 29.1 Å². The Labute approximate surface area is 250 Å². The van der Waals surface area contributed by atoms with Crippen molar-refractivity contribution in [3.8, 4) is 0 Å². The average Bonchev–Trinajstić information content (AvgIpc) is 2.85. The van der Waals surface area contributed by atoms with Crippen molar-refractivity contribution in [1.82, 2.24) is 0 Å². The van der Waals surface area contributed by atoms with Crippen LogP contribution in [0.25, 0.3) is 0 Å². The molecule has 0 bridgehead atoms. The zero-order valence-electron chi connectivity index (χ0n) is 28.1. The van der Waals surface area contributed by atoms with Crippen molar-refractivity contribution < 1.29 is 0 Å². The summed E-state index contributed by atoms with van der Waals surface area (Å²) in [6.07, 6.45) is 38.8. The highest BCUT2D eigenvalue weighted by Gasteiger charge is 2.30. The maximum atomic E-state index is 2.50. The summed E-state index contributed by atoms with van der Waals surface area (Å²) in [5, 5.41) is 0. The van der Waals surface area contributed by atoms with Gasteiger partial charge in [0.05, 0.1) is 0 Å². The van der Waals surface area contributed by atoms with Gasteiger partial charge < -0.3 is 0 Å². The highest BCUT2D eigenvalue weighted by Crippen LogP contribution is 2.41. The number of rotatable bonds is 17. The Morgan fingerprint density at radius 2 is 1.48 bits per heavy atom. The lowest BCUT2D eigenvalue weighted by atomic mass is 9.68. The lowest BCUT2D eigenvalue weighted by Gasteiger charge is -2.36. The molecule has 0 N–H and O–H groups in total. The van der Waals surface area contributed by atoms with Crippen LogP contribution in [-0.4, -0.2) is 0 Å². The van der Waals surface area contributed by atoms with E-state index in [9.17, 15) is 0 Å². The third kappa shape index (κ3) is 16.9. The molecule has 1 rings (SSSR count). The van der Waals surface area contributed by atoms with Gasteiger partial charge in [0.25, 0.3) is 0 Å². The third-order valence-corrected chi connectivity index (χ3v) is 8.36. The molecule has 0 heteroatoms. The fourth-order valence-corrected chi connectivity index (χ4v) is 5.48. The molecule has 0 saturated heterocycles. The summed E-state index contributed by atoms with van der Waals surface area (Å²) in [6, 6.07) is 0. The summed E-state index contributed by atoms with van der Waals surface area (Å²) in [4.78, 5) is 0. The lowest BCUT2D eigenvalue weighted by molar-refractivity contribution is 0.255. The van der Waals surface area contributed by atoms with Crippen LogP contribution in [-0.2, 0) is 0 Å². The van der Waals surface area contributed by atoms with Crippen LogP contribution in [0, 0.1) is 29.1 Å². The Hall–Kier alpha value is -2.08. The minimum absolute atomic E-state index is 0.391. The molecule has 2 unspecified atom stereocenters. The summed E-state index contributed by atoms with van der Waals surface area (Å²) < 4.78 is 0. The van der Waals surface area contributed by atoms with Crippen molar-refractivity contribution in [1.29, 1.82) is 0 Å². The second-order valence-corrected chi connectivity index (χ2v) is 13.8. The molecule has 224 valence electrons. The molecular formula is C40H64. The first kappa shape index (κ1) is 35.9. The molecule has 0 nitrogen and oxygen atoms in total. The van der Waals surface area contributed by atoms with E-state index in [0.717, 1.165) is 12.3 Å². The molecule has 1 aliphatic carbocycles. The van der Waals surface area contributed by atoms with Crippen LogP contribution >= 0.6 is 0 Å². The van der Waals surface area contributed by atoms with Gasteiger partial charge in [-0.2, -0.15) is 0 Å². The van der Waals surface area contributed by atoms with Gasteiger partial charge in [0, 0.05) is 5.92 Å². The average molecular weight is 545 g/mol. The molecule has 0 amide bonds. The monoisotopic (exact) mass is 545 g/mol. The molecule has 1 aliphatic rings. The van der Waals surface area contributed by atoms with Crippen LogP contribution < -0.4 is 0 Å². The quantitative estimate of drug-likeness (QED) is 0.126. The van der Waals surface area contributed by atoms with Crippen LogP contribution in [0.5, 0.6) is 0 Å². The van der Waals surface area contributed by atoms with Gasteiger partial charge in [-0.1, -0.05) is 143 Å². The summed E-state index contributed by atoms with van der Waals surface area (Å²) >= 11 is 0. The fraction of sp³-hybridized carbons (Fsp3) is 0.600. The Morgan fingerprint density at radius 3 is 2.12 bits per heavy atom. The van der Waals surface area contributed by atoms with E-state index in [2.05, 4.69) is 142 Å². The predicted octanol–water partition coefficient (Wildman–Crippen LogP) is 13.1. The summed E-state index contributed by atoms with van der Waals surface area (Å²) in [5.41, 5.74) is 6.20. The smallest absolute Gasteiger partial charge is 0.00254 e. The standard InChI is InChI=1S/C40H64/c1-32(2)18-13-21-35(5)24-15-26-36(6)25-14-22-33(3)19-11-12-20-34(4)23-16-27-37(7)29-30-39-38(8)28-17-31-40(39,9)10/h11-12,14-15,19-20,22,24,26,28-30,32,36-37,39H,13,16-18,21,23,25,27,31H2,1-10H3/b12-11+,22-14+,26-15-,30-29+,33-19+,34-20+,35-24-/t36?,37?,39-/m0/s1. The van der Waals surface area contributed by atoms with Gasteiger partial charge in [-0.15, -0.1) is 0 Å². The van der Waals surface area contributed by atoms with Crippen molar-refractivity contribution in [2.45, 2.75) is 127 Å². The van der Waals surface area contributed by atoms with E-state index in [1.165, 1.54) is 68.1 Å². The van der Waals surface area contributed by atoms with E-state index in [1.807, 2.05) is 0 Å². The molecule has 0 saturated carbocycles. The van der Waals surface area contributed by atoms with Crippen molar-refractivity contribution >= 4 is 0 Å². The van der Waals surface area contributed by atoms with Gasteiger partial charge in [-0.25, -0.2) is 0 Å². The van der Waals surface area contributed by atoms with Crippen LogP contribution in [0.3, 0.4) is 0 Å². The second kappa shape index (κ2) is 19.9. The molecule has 0 radical (unpaired) electrons. The first-order valence-electron chi connectivity index (χ1n) is 16.3. The van der Waals surface area contributed by atoms with Crippen LogP contribution in [0.4, 0.5) is 0 Å². The summed E-state index contributed by atoms with van der Waals surface area (Å²) in [7, 11) is 0. The molecule has 40 heavy (non-hydrogen) atoms.